The Kier molecular flexibility index (Phi) is 6.36. The maximum absolute atomic E-state index is 12.8. The zero-order chi connectivity index (χ0) is 23.4. The predicted octanol–water partition coefficient (Wildman–Crippen LogP) is 4.12. The third kappa shape index (κ3) is 5.01. The molecule has 33 heavy (non-hydrogen) atoms. The largest absolute Gasteiger partial charge is 0.343 e. The van der Waals surface area contributed by atoms with Gasteiger partial charge in [-0.25, -0.2) is 0 Å². The van der Waals surface area contributed by atoms with E-state index in [2.05, 4.69) is 5.32 Å². The Hall–Kier alpha value is -4.18. The molecule has 0 radical (unpaired) electrons. The highest BCUT2D eigenvalue weighted by molar-refractivity contribution is 8.18. The lowest BCUT2D eigenvalue weighted by atomic mass is 10.2. The summed E-state index contributed by atoms with van der Waals surface area (Å²) in [5, 5.41) is 13.4. The number of carbonyl (C=O) groups is 3. The summed E-state index contributed by atoms with van der Waals surface area (Å²) in [6.45, 7) is -0.173. The van der Waals surface area contributed by atoms with Crippen LogP contribution in [0.15, 0.2) is 77.8 Å². The van der Waals surface area contributed by atoms with Crippen molar-refractivity contribution in [3.8, 4) is 0 Å². The van der Waals surface area contributed by atoms with E-state index in [1.807, 2.05) is 6.07 Å². The number of amides is 3. The molecule has 1 aromatic heterocycles. The number of aromatic nitrogens is 1. The van der Waals surface area contributed by atoms with Crippen molar-refractivity contribution >= 4 is 46.3 Å². The predicted molar refractivity (Wildman–Crippen MR) is 124 cm³/mol. The van der Waals surface area contributed by atoms with Crippen LogP contribution >= 0.6 is 11.8 Å². The van der Waals surface area contributed by atoms with Crippen LogP contribution in [0.25, 0.3) is 6.08 Å². The molecule has 0 unspecified atom stereocenters. The molecule has 0 saturated carbocycles. The first-order chi connectivity index (χ1) is 15.9. The number of carbonyl (C=O) groups excluding carboxylic acids is 3. The summed E-state index contributed by atoms with van der Waals surface area (Å²) in [7, 11) is 0. The molecule has 1 N–H and O–H groups in total. The number of nitro benzene ring substituents is 1. The van der Waals surface area contributed by atoms with Gasteiger partial charge in [0.1, 0.15) is 6.54 Å². The topological polar surface area (TPSA) is 115 Å². The van der Waals surface area contributed by atoms with Crippen molar-refractivity contribution in [1.29, 1.82) is 0 Å². The van der Waals surface area contributed by atoms with Crippen LogP contribution in [-0.2, 0) is 16.1 Å². The number of nitrogens with zero attached hydrogens (tertiary/aromatic N) is 3. The number of nitro groups is 1. The van der Waals surface area contributed by atoms with Crippen LogP contribution in [0.1, 0.15) is 11.3 Å². The van der Waals surface area contributed by atoms with E-state index < -0.39 is 28.5 Å². The summed E-state index contributed by atoms with van der Waals surface area (Å²) in [4.78, 5) is 49.4. The maximum atomic E-state index is 12.8. The Balaban J connectivity index is 1.49. The van der Waals surface area contributed by atoms with Crippen LogP contribution in [0, 0.1) is 10.1 Å². The summed E-state index contributed by atoms with van der Waals surface area (Å²) in [5.41, 5.74) is 1.69. The second-order valence-electron chi connectivity index (χ2n) is 7.13. The fourth-order valence-electron chi connectivity index (χ4n) is 3.34. The van der Waals surface area contributed by atoms with E-state index in [0.717, 1.165) is 16.7 Å². The monoisotopic (exact) mass is 462 g/mol. The molecule has 9 nitrogen and oxygen atoms in total. The van der Waals surface area contributed by atoms with E-state index in [1.165, 1.54) is 6.07 Å². The molecule has 0 spiro atoms. The molecule has 4 rings (SSSR count). The highest BCUT2D eigenvalue weighted by Gasteiger charge is 2.36. The molecule has 10 heteroatoms. The molecule has 0 bridgehead atoms. The third-order valence-electron chi connectivity index (χ3n) is 4.91. The fourth-order valence-corrected chi connectivity index (χ4v) is 4.17. The number of hydrogen-bond donors (Lipinski definition) is 1. The Bertz CT molecular complexity index is 1270. The van der Waals surface area contributed by atoms with Crippen LogP contribution < -0.4 is 5.32 Å². The highest BCUT2D eigenvalue weighted by Crippen LogP contribution is 2.32. The lowest BCUT2D eigenvalue weighted by Gasteiger charge is -2.12. The molecule has 166 valence electrons. The molecular formula is C23H18N4O5S. The third-order valence-corrected chi connectivity index (χ3v) is 5.81. The molecule has 2 heterocycles. The average Bonchev–Trinajstić information content (AvgIpc) is 3.34. The molecule has 3 amide bonds. The zero-order valence-electron chi connectivity index (χ0n) is 17.2. The number of hydrogen-bond acceptors (Lipinski definition) is 6. The van der Waals surface area contributed by atoms with E-state index in [4.69, 9.17) is 0 Å². The molecular weight excluding hydrogens is 444 g/mol. The van der Waals surface area contributed by atoms with Gasteiger partial charge in [-0.15, -0.1) is 0 Å². The minimum absolute atomic E-state index is 0.00176. The summed E-state index contributed by atoms with van der Waals surface area (Å²) in [6.07, 6.45) is 3.29. The quantitative estimate of drug-likeness (QED) is 0.321. The van der Waals surface area contributed by atoms with Gasteiger partial charge < -0.3 is 9.88 Å². The Morgan fingerprint density at radius 2 is 1.76 bits per heavy atom. The number of benzene rings is 2. The number of imide groups is 1. The maximum Gasteiger partial charge on any atom is 0.294 e. The molecule has 1 aliphatic heterocycles. The van der Waals surface area contributed by atoms with E-state index in [9.17, 15) is 24.5 Å². The SMILES string of the molecule is O=C(CN1C(=O)S/C(=C\c2cccn2Cc2ccccc2[N+](=O)[O-])C1=O)Nc1ccccc1. The van der Waals surface area contributed by atoms with Crippen molar-refractivity contribution in [2.75, 3.05) is 11.9 Å². The van der Waals surface area contributed by atoms with Gasteiger partial charge in [0.2, 0.25) is 5.91 Å². The second kappa shape index (κ2) is 9.53. The van der Waals surface area contributed by atoms with Gasteiger partial charge in [-0.05, 0) is 42.1 Å². The Morgan fingerprint density at radius 3 is 2.52 bits per heavy atom. The van der Waals surface area contributed by atoms with Crippen molar-refractivity contribution in [1.82, 2.24) is 9.47 Å². The first-order valence-corrected chi connectivity index (χ1v) is 10.7. The lowest BCUT2D eigenvalue weighted by Crippen LogP contribution is -2.36. The van der Waals surface area contributed by atoms with E-state index >= 15 is 0 Å². The van der Waals surface area contributed by atoms with Crippen LogP contribution in [0.2, 0.25) is 0 Å². The van der Waals surface area contributed by atoms with Crippen LogP contribution in [0.3, 0.4) is 0 Å². The van der Waals surface area contributed by atoms with Crippen LogP contribution in [-0.4, -0.2) is 38.0 Å². The van der Waals surface area contributed by atoms with Crippen molar-refractivity contribution < 1.29 is 19.3 Å². The molecule has 2 aromatic carbocycles. The molecule has 3 aromatic rings. The average molecular weight is 462 g/mol. The van der Waals surface area contributed by atoms with Crippen molar-refractivity contribution in [3.63, 3.8) is 0 Å². The molecule has 0 aliphatic carbocycles. The summed E-state index contributed by atoms with van der Waals surface area (Å²) in [6, 6.07) is 18.7. The molecule has 0 atom stereocenters. The molecule has 1 saturated heterocycles. The molecule has 1 fully saturated rings. The van der Waals surface area contributed by atoms with Gasteiger partial charge in [-0.3, -0.25) is 29.4 Å². The minimum Gasteiger partial charge on any atom is -0.343 e. The van der Waals surface area contributed by atoms with Gasteiger partial charge in [0, 0.05) is 29.2 Å². The summed E-state index contributed by atoms with van der Waals surface area (Å²) >= 11 is 0.748. The van der Waals surface area contributed by atoms with Gasteiger partial charge in [0.15, 0.2) is 0 Å². The van der Waals surface area contributed by atoms with Gasteiger partial charge in [0.25, 0.3) is 16.8 Å². The van der Waals surface area contributed by atoms with Gasteiger partial charge in [-0.2, -0.15) is 0 Å². The highest BCUT2D eigenvalue weighted by atomic mass is 32.2. The second-order valence-corrected chi connectivity index (χ2v) is 8.12. The van der Waals surface area contributed by atoms with E-state index in [-0.39, 0.29) is 17.1 Å². The lowest BCUT2D eigenvalue weighted by molar-refractivity contribution is -0.385. The van der Waals surface area contributed by atoms with E-state index in [0.29, 0.717) is 16.9 Å². The van der Waals surface area contributed by atoms with Gasteiger partial charge in [0.05, 0.1) is 16.4 Å². The normalized spacial score (nSPS) is 14.7. The standard InChI is InChI=1S/C23H18N4O5S/c28-21(24-17-8-2-1-3-9-17)15-26-22(29)20(33-23(26)30)13-18-10-6-12-25(18)14-16-7-4-5-11-19(16)27(31)32/h1-13H,14-15H2,(H,24,28)/b20-13-. The number of nitrogens with one attached hydrogen (secondary N) is 1. The molecule has 1 aliphatic rings. The fraction of sp³-hybridized carbons (Fsp3) is 0.0870. The van der Waals surface area contributed by atoms with Crippen molar-refractivity contribution in [3.05, 3.63) is 99.2 Å². The van der Waals surface area contributed by atoms with Crippen LogP contribution in [0.4, 0.5) is 16.2 Å². The number of thioether (sulfide) groups is 1. The smallest absolute Gasteiger partial charge is 0.294 e. The Morgan fingerprint density at radius 1 is 1.03 bits per heavy atom. The van der Waals surface area contributed by atoms with Gasteiger partial charge >= 0.3 is 0 Å². The number of rotatable bonds is 7. The van der Waals surface area contributed by atoms with Crippen molar-refractivity contribution in [2.45, 2.75) is 6.54 Å². The van der Waals surface area contributed by atoms with Gasteiger partial charge in [-0.1, -0.05) is 36.4 Å². The Labute approximate surface area is 192 Å². The minimum atomic E-state index is -0.563. The van der Waals surface area contributed by atoms with Crippen LogP contribution in [0.5, 0.6) is 0 Å². The zero-order valence-corrected chi connectivity index (χ0v) is 18.0. The summed E-state index contributed by atoms with van der Waals surface area (Å²) < 4.78 is 1.75. The number of para-hydroxylation sites is 2. The number of anilines is 1. The first kappa shape index (κ1) is 22.0. The van der Waals surface area contributed by atoms with E-state index in [1.54, 1.807) is 71.4 Å². The van der Waals surface area contributed by atoms with Crippen molar-refractivity contribution in [2.24, 2.45) is 0 Å². The summed E-state index contributed by atoms with van der Waals surface area (Å²) in [5.74, 6) is -1.05. The first-order valence-electron chi connectivity index (χ1n) is 9.90.